The maximum absolute atomic E-state index is 12.0. The number of anilines is 1. The summed E-state index contributed by atoms with van der Waals surface area (Å²) in [7, 11) is -16.8. The number of aromatic nitrogens is 4. The molecule has 194 valence electrons. The van der Waals surface area contributed by atoms with Crippen molar-refractivity contribution in [1.29, 1.82) is 0 Å². The van der Waals surface area contributed by atoms with E-state index in [-0.39, 0.29) is 17.1 Å². The van der Waals surface area contributed by atoms with Gasteiger partial charge >= 0.3 is 23.5 Å². The smallest absolute Gasteiger partial charge is 0.388 e. The summed E-state index contributed by atoms with van der Waals surface area (Å²) in [6, 6.07) is 0. The summed E-state index contributed by atoms with van der Waals surface area (Å²) in [6.45, 7) is -1.34. The quantitative estimate of drug-likeness (QED) is 0.0808. The summed E-state index contributed by atoms with van der Waals surface area (Å²) in [5.74, 6) is -1.37. The molecule has 3 rings (SSSR count). The Kier molecular flexibility index (Phi) is 7.85. The topological polar surface area (TPSA) is 328 Å². The highest BCUT2D eigenvalue weighted by atomic mass is 31.3. The normalized spacial score (nSPS) is 26.2. The molecule has 0 spiro atoms. The lowest BCUT2D eigenvalue weighted by Gasteiger charge is -2.20. The van der Waals surface area contributed by atoms with Gasteiger partial charge in [0.05, 0.1) is 19.0 Å². The van der Waals surface area contributed by atoms with Gasteiger partial charge in [-0.15, -0.1) is 0 Å². The minimum absolute atomic E-state index is 0.0913. The Morgan fingerprint density at radius 2 is 1.94 bits per heavy atom. The highest BCUT2D eigenvalue weighted by Crippen LogP contribution is 2.66. The van der Waals surface area contributed by atoms with Crippen molar-refractivity contribution in [2.75, 3.05) is 18.9 Å². The van der Waals surface area contributed by atoms with Crippen LogP contribution >= 0.6 is 23.5 Å². The predicted molar refractivity (Wildman–Crippen MR) is 110 cm³/mol. The molecule has 2 unspecified atom stereocenters. The molecule has 21 nitrogen and oxygen atoms in total. The van der Waals surface area contributed by atoms with E-state index in [0.717, 1.165) is 10.9 Å². The zero-order valence-corrected chi connectivity index (χ0v) is 19.6. The van der Waals surface area contributed by atoms with Gasteiger partial charge in [0.1, 0.15) is 6.10 Å². The molecule has 0 amide bonds. The van der Waals surface area contributed by atoms with Crippen molar-refractivity contribution in [3.05, 3.63) is 27.1 Å². The van der Waals surface area contributed by atoms with E-state index in [1.54, 1.807) is 0 Å². The number of hydrogen-bond donors (Lipinski definition) is 7. The van der Waals surface area contributed by atoms with Crippen LogP contribution in [0.3, 0.4) is 0 Å². The van der Waals surface area contributed by atoms with Crippen LogP contribution in [0.5, 0.6) is 0 Å². The molecule has 0 aromatic carbocycles. The average Bonchev–Trinajstić information content (AvgIpc) is 3.23. The Morgan fingerprint density at radius 1 is 1.26 bits per heavy atom. The van der Waals surface area contributed by atoms with Crippen LogP contribution in [0.25, 0.3) is 21.6 Å². The van der Waals surface area contributed by atoms with Crippen molar-refractivity contribution in [2.45, 2.75) is 18.4 Å². The number of imidazole rings is 1. The highest BCUT2D eigenvalue weighted by Gasteiger charge is 2.47. The molecule has 1 saturated heterocycles. The van der Waals surface area contributed by atoms with Gasteiger partial charge < -0.3 is 35.2 Å². The number of nitrogen functional groups attached to an aromatic ring is 1. The number of H-pyrrole nitrogens is 1. The van der Waals surface area contributed by atoms with E-state index in [2.05, 4.69) is 38.1 Å². The molecule has 0 saturated carbocycles. The van der Waals surface area contributed by atoms with Gasteiger partial charge in [0.25, 0.3) is 5.56 Å². The van der Waals surface area contributed by atoms with Crippen molar-refractivity contribution in [1.82, 2.24) is 19.5 Å². The Labute approximate surface area is 192 Å². The number of rotatable bonds is 10. The summed E-state index contributed by atoms with van der Waals surface area (Å²) in [4.78, 5) is 60.6. The Hall–Kier alpha value is -2.21. The summed E-state index contributed by atoms with van der Waals surface area (Å²) >= 11 is 0. The molecule has 3 heterocycles. The number of aliphatic hydroxyl groups excluding tert-OH is 1. The van der Waals surface area contributed by atoms with Crippen LogP contribution in [0.1, 0.15) is 6.23 Å². The zero-order valence-electron chi connectivity index (χ0n) is 16.9. The van der Waals surface area contributed by atoms with Crippen LogP contribution in [-0.2, 0) is 31.6 Å². The first-order chi connectivity index (χ1) is 16.1. The van der Waals surface area contributed by atoms with Crippen molar-refractivity contribution in [3.8, 4) is 0 Å². The number of azide groups is 1. The fourth-order valence-corrected chi connectivity index (χ4v) is 6.17. The van der Waals surface area contributed by atoms with Crippen LogP contribution in [0.2, 0.25) is 0 Å². The number of hydrogen-bond acceptors (Lipinski definition) is 13. The molecule has 0 bridgehead atoms. The molecule has 0 radical (unpaired) electrons. The minimum atomic E-state index is -5.75. The fourth-order valence-electron chi connectivity index (χ4n) is 3.14. The molecular weight excluding hydrogens is 545 g/mol. The average molecular weight is 562 g/mol. The second-order valence-electron chi connectivity index (χ2n) is 6.79. The summed E-state index contributed by atoms with van der Waals surface area (Å²) in [5.41, 5.74) is 13.2. The standard InChI is InChI=1S/C11H17N8O13P3/c12-11-16-8-6(9(21)17-11)14-3-19(8)10-7(20)4(1-15-18-13)5(30-10)2-29-34(25,26)32-35(27,28)31-33(22,23)24/h3-5,7,10,20H,1-2H2,(H,25,26)(H,27,28)(H2,22,23,24)(H3,12,16,17,21)/t4-,5-,7-,10-/m1/s1. The second-order valence-corrected chi connectivity index (χ2v) is 11.2. The largest absolute Gasteiger partial charge is 0.490 e. The van der Waals surface area contributed by atoms with Crippen molar-refractivity contribution >= 4 is 40.6 Å². The number of fused-ring (bicyclic) bond motifs is 1. The molecule has 35 heavy (non-hydrogen) atoms. The third-order valence-corrected chi connectivity index (χ3v) is 8.22. The van der Waals surface area contributed by atoms with Gasteiger partial charge in [-0.1, -0.05) is 5.11 Å². The van der Waals surface area contributed by atoms with Crippen molar-refractivity contribution in [3.63, 3.8) is 0 Å². The number of phosphoric acid groups is 3. The first-order valence-electron chi connectivity index (χ1n) is 8.97. The van der Waals surface area contributed by atoms with Gasteiger partial charge in [-0.25, -0.2) is 18.7 Å². The number of ether oxygens (including phenoxy) is 1. The summed E-state index contributed by atoms with van der Waals surface area (Å²) in [5, 5.41) is 14.1. The summed E-state index contributed by atoms with van der Waals surface area (Å²) < 4.78 is 52.7. The molecule has 1 aliphatic rings. The predicted octanol–water partition coefficient (Wildman–Crippen LogP) is -0.770. The lowest BCUT2D eigenvalue weighted by Crippen LogP contribution is -2.30. The summed E-state index contributed by atoms with van der Waals surface area (Å²) in [6.07, 6.45) is -3.07. The number of phosphoric ester groups is 1. The van der Waals surface area contributed by atoms with Crippen LogP contribution < -0.4 is 11.3 Å². The van der Waals surface area contributed by atoms with E-state index >= 15 is 0 Å². The van der Waals surface area contributed by atoms with Crippen LogP contribution in [0.4, 0.5) is 5.95 Å². The molecule has 2 aromatic rings. The maximum Gasteiger partial charge on any atom is 0.490 e. The first kappa shape index (κ1) is 27.4. The van der Waals surface area contributed by atoms with Gasteiger partial charge in [-0.05, 0) is 5.53 Å². The minimum Gasteiger partial charge on any atom is -0.388 e. The van der Waals surface area contributed by atoms with E-state index in [1.807, 2.05) is 0 Å². The lowest BCUT2D eigenvalue weighted by molar-refractivity contribution is -0.0486. The van der Waals surface area contributed by atoms with Gasteiger partial charge in [0.15, 0.2) is 17.4 Å². The molecule has 2 aromatic heterocycles. The number of nitrogens with two attached hydrogens (primary N) is 1. The van der Waals surface area contributed by atoms with Gasteiger partial charge in [0, 0.05) is 17.4 Å². The van der Waals surface area contributed by atoms with Gasteiger partial charge in [-0.2, -0.15) is 13.6 Å². The van der Waals surface area contributed by atoms with Crippen LogP contribution in [-0.4, -0.2) is 69.6 Å². The molecule has 1 aliphatic heterocycles. The van der Waals surface area contributed by atoms with E-state index in [4.69, 9.17) is 25.8 Å². The number of aliphatic hydroxyl groups is 1. The first-order valence-corrected chi connectivity index (χ1v) is 13.5. The van der Waals surface area contributed by atoms with E-state index in [9.17, 15) is 33.4 Å². The van der Waals surface area contributed by atoms with E-state index in [1.165, 1.54) is 0 Å². The van der Waals surface area contributed by atoms with Crippen molar-refractivity contribution < 1.29 is 56.3 Å². The van der Waals surface area contributed by atoms with Gasteiger partial charge in [0.2, 0.25) is 5.95 Å². The maximum atomic E-state index is 12.0. The third-order valence-electron chi connectivity index (χ3n) is 4.42. The SMILES string of the molecule is [N-]=[N+]=NC[C@H]1[C@@H](O)[C@H](n2cnc3c(=O)[nH]c(N)nc32)O[C@@H]1COP(=O)(O)OP(=O)(O)OP(=O)(O)O. The zero-order chi connectivity index (χ0) is 26.2. The number of aromatic amines is 1. The molecule has 1 fully saturated rings. The van der Waals surface area contributed by atoms with Crippen LogP contribution in [0.15, 0.2) is 16.2 Å². The third kappa shape index (κ3) is 6.72. The highest BCUT2D eigenvalue weighted by molar-refractivity contribution is 7.66. The van der Waals surface area contributed by atoms with Gasteiger partial charge in [-0.3, -0.25) is 18.9 Å². The lowest BCUT2D eigenvalue weighted by atomic mass is 9.98. The monoisotopic (exact) mass is 562 g/mol. The van der Waals surface area contributed by atoms with E-state index < -0.39 is 66.5 Å². The second kappa shape index (κ2) is 10.0. The molecule has 0 aliphatic carbocycles. The van der Waals surface area contributed by atoms with Crippen molar-refractivity contribution in [2.24, 2.45) is 11.0 Å². The molecule has 24 heteroatoms. The molecule has 8 N–H and O–H groups in total. The Balaban J connectivity index is 1.82. The number of nitrogens with zero attached hydrogens (tertiary/aromatic N) is 6. The Bertz CT molecular complexity index is 1350. The number of nitrogens with one attached hydrogen (secondary N) is 1. The Morgan fingerprint density at radius 3 is 2.57 bits per heavy atom. The molecule has 6 atom stereocenters. The van der Waals surface area contributed by atoms with E-state index in [0.29, 0.717) is 0 Å². The van der Waals surface area contributed by atoms with Crippen LogP contribution in [0, 0.1) is 5.92 Å². The fraction of sp³-hybridized carbons (Fsp3) is 0.545. The molecular formula is C11H17N8O13P3.